The van der Waals surface area contributed by atoms with Gasteiger partial charge >= 0.3 is 6.18 Å². The molecule has 2 aliphatic carbocycles. The van der Waals surface area contributed by atoms with E-state index in [9.17, 15) is 22.8 Å². The summed E-state index contributed by atoms with van der Waals surface area (Å²) in [6.07, 6.45) is 8.06. The van der Waals surface area contributed by atoms with Crippen molar-refractivity contribution in [3.8, 4) is 5.75 Å². The minimum Gasteiger partial charge on any atom is -0.495 e. The van der Waals surface area contributed by atoms with Crippen molar-refractivity contribution in [2.24, 2.45) is 11.8 Å². The van der Waals surface area contributed by atoms with Crippen molar-refractivity contribution >= 4 is 23.5 Å². The summed E-state index contributed by atoms with van der Waals surface area (Å²) < 4.78 is 44.0. The van der Waals surface area contributed by atoms with Crippen LogP contribution in [0.1, 0.15) is 93.3 Å². The van der Waals surface area contributed by atoms with Crippen molar-refractivity contribution in [2.45, 2.75) is 90.8 Å². The molecule has 2 amide bonds. The van der Waals surface area contributed by atoms with E-state index in [1.54, 1.807) is 25.1 Å². The number of piperidine rings is 1. The lowest BCUT2D eigenvalue weighted by Gasteiger charge is -2.29. The average Bonchev–Trinajstić information content (AvgIpc) is 3.83. The highest BCUT2D eigenvalue weighted by Gasteiger charge is 2.33. The standard InChI is InChI=1S/C20H24F3N5O2.C7H14.C6H11NO/c1-12-15(20(21,22)23)11-24-19(25-12)27-16-5-4-13(10-17(16)30-3)18(29)26-14-6-8-28(2)9-7-14;1-7-5-3-2-4-6-7;1-5(8)7-4-6-2-3-6/h4-5,10-11,14H,6-9H2,1-3H3,(H,26,29)(H,24,25,27);7H,2-6H2,1H3;6H,2-4H2,1H3,(H,7,8). The van der Waals surface area contributed by atoms with Gasteiger partial charge in [-0.3, -0.25) is 9.59 Å². The third kappa shape index (κ3) is 12.8. The monoisotopic (exact) mass is 634 g/mol. The van der Waals surface area contributed by atoms with Gasteiger partial charge in [0.25, 0.3) is 5.91 Å². The van der Waals surface area contributed by atoms with E-state index in [4.69, 9.17) is 4.74 Å². The molecular formula is C33H49F3N6O3. The molecule has 1 saturated heterocycles. The van der Waals surface area contributed by atoms with Crippen molar-refractivity contribution in [1.29, 1.82) is 0 Å². The number of rotatable bonds is 7. The Balaban J connectivity index is 0.000000298. The summed E-state index contributed by atoms with van der Waals surface area (Å²) in [5, 5.41) is 8.64. The van der Waals surface area contributed by atoms with E-state index < -0.39 is 11.7 Å². The van der Waals surface area contributed by atoms with Crippen LogP contribution in [0, 0.1) is 18.8 Å². The molecule has 5 rings (SSSR count). The SMILES string of the molecule is CC(=O)NCC1CC1.CC1CCCCC1.COc1cc(C(=O)NC2CCN(C)CC2)ccc1Nc1ncc(C(F)(F)F)c(C)n1. The van der Waals surface area contributed by atoms with Crippen molar-refractivity contribution in [2.75, 3.05) is 39.1 Å². The Morgan fingerprint density at radius 2 is 1.71 bits per heavy atom. The minimum absolute atomic E-state index is 0.00215. The number of hydrogen-bond acceptors (Lipinski definition) is 7. The van der Waals surface area contributed by atoms with Crippen LogP contribution in [0.4, 0.5) is 24.8 Å². The van der Waals surface area contributed by atoms with Crippen molar-refractivity contribution in [3.05, 3.63) is 41.2 Å². The summed E-state index contributed by atoms with van der Waals surface area (Å²) >= 11 is 0. The minimum atomic E-state index is -4.51. The lowest BCUT2D eigenvalue weighted by molar-refractivity contribution is -0.138. The van der Waals surface area contributed by atoms with Gasteiger partial charge in [0.05, 0.1) is 24.1 Å². The number of carbonyl (C=O) groups is 2. The van der Waals surface area contributed by atoms with Crippen LogP contribution in [0.3, 0.4) is 0 Å². The lowest BCUT2D eigenvalue weighted by atomic mass is 9.91. The number of alkyl halides is 3. The first-order valence-corrected chi connectivity index (χ1v) is 16.0. The third-order valence-electron chi connectivity index (χ3n) is 8.28. The number of halogens is 3. The number of aryl methyl sites for hydroxylation is 1. The van der Waals surface area contributed by atoms with Crippen LogP contribution in [0.15, 0.2) is 24.4 Å². The number of nitrogens with one attached hydrogen (secondary N) is 3. The molecule has 3 N–H and O–H groups in total. The number of anilines is 2. The smallest absolute Gasteiger partial charge is 0.419 e. The fourth-order valence-electron chi connectivity index (χ4n) is 5.20. The van der Waals surface area contributed by atoms with E-state index in [-0.39, 0.29) is 29.5 Å². The van der Waals surface area contributed by atoms with Gasteiger partial charge in [0.1, 0.15) is 5.75 Å². The topological polar surface area (TPSA) is 108 Å². The van der Waals surface area contributed by atoms with Gasteiger partial charge in [-0.05, 0) is 82.8 Å². The van der Waals surface area contributed by atoms with Gasteiger partial charge in [0.2, 0.25) is 11.9 Å². The van der Waals surface area contributed by atoms with E-state index in [2.05, 4.69) is 44.8 Å². The summed E-state index contributed by atoms with van der Waals surface area (Å²) in [5.41, 5.74) is -0.206. The summed E-state index contributed by atoms with van der Waals surface area (Å²) in [6, 6.07) is 4.93. The predicted octanol–water partition coefficient (Wildman–Crippen LogP) is 6.50. The number of likely N-dealkylation sites (tertiary alicyclic amines) is 1. The maximum atomic E-state index is 12.9. The molecule has 12 heteroatoms. The molecule has 0 atom stereocenters. The van der Waals surface area contributed by atoms with Gasteiger partial charge in [-0.15, -0.1) is 0 Å². The molecule has 3 fully saturated rings. The van der Waals surface area contributed by atoms with Crippen molar-refractivity contribution < 1.29 is 27.5 Å². The van der Waals surface area contributed by atoms with Gasteiger partial charge in [0.15, 0.2) is 0 Å². The molecular weight excluding hydrogens is 585 g/mol. The second kappa shape index (κ2) is 17.3. The summed E-state index contributed by atoms with van der Waals surface area (Å²) in [4.78, 5) is 32.7. The first-order valence-electron chi connectivity index (χ1n) is 16.0. The summed E-state index contributed by atoms with van der Waals surface area (Å²) in [7, 11) is 3.49. The van der Waals surface area contributed by atoms with Crippen LogP contribution in [0.2, 0.25) is 0 Å². The van der Waals surface area contributed by atoms with Crippen LogP contribution in [0.25, 0.3) is 0 Å². The number of amides is 2. The number of hydrogen-bond donors (Lipinski definition) is 3. The first kappa shape index (κ1) is 36.1. The normalized spacial score (nSPS) is 17.6. The third-order valence-corrected chi connectivity index (χ3v) is 8.28. The molecule has 250 valence electrons. The Labute approximate surface area is 265 Å². The molecule has 9 nitrogen and oxygen atoms in total. The largest absolute Gasteiger partial charge is 0.495 e. The Morgan fingerprint density at radius 3 is 2.22 bits per heavy atom. The number of carbonyl (C=O) groups excluding carboxylic acids is 2. The van der Waals surface area contributed by atoms with Crippen LogP contribution >= 0.6 is 0 Å². The molecule has 0 spiro atoms. The van der Waals surface area contributed by atoms with Gasteiger partial charge in [0, 0.05) is 31.3 Å². The molecule has 2 saturated carbocycles. The fraction of sp³-hybridized carbons (Fsp3) is 0.636. The number of benzene rings is 1. The molecule has 1 aromatic carbocycles. The number of methoxy groups -OCH3 is 1. The molecule has 2 heterocycles. The number of nitrogens with zero attached hydrogens (tertiary/aromatic N) is 3. The second-order valence-electron chi connectivity index (χ2n) is 12.4. The Hall–Kier alpha value is -3.41. The molecule has 3 aliphatic rings. The molecule has 2 aromatic rings. The highest BCUT2D eigenvalue weighted by molar-refractivity contribution is 5.95. The predicted molar refractivity (Wildman–Crippen MR) is 170 cm³/mol. The summed E-state index contributed by atoms with van der Waals surface area (Å²) in [5.74, 6) is 2.09. The Morgan fingerprint density at radius 1 is 1.04 bits per heavy atom. The highest BCUT2D eigenvalue weighted by atomic mass is 19.4. The van der Waals surface area contributed by atoms with Crippen LogP contribution < -0.4 is 20.7 Å². The van der Waals surface area contributed by atoms with E-state index in [0.717, 1.165) is 50.5 Å². The average molecular weight is 635 g/mol. The van der Waals surface area contributed by atoms with Gasteiger partial charge in [-0.1, -0.05) is 39.0 Å². The van der Waals surface area contributed by atoms with Gasteiger partial charge < -0.3 is 25.6 Å². The molecule has 1 aromatic heterocycles. The summed E-state index contributed by atoms with van der Waals surface area (Å²) in [6.45, 7) is 7.95. The zero-order valence-electron chi connectivity index (χ0n) is 27.2. The van der Waals surface area contributed by atoms with E-state index in [1.807, 2.05) is 0 Å². The number of ether oxygens (including phenoxy) is 1. The second-order valence-corrected chi connectivity index (χ2v) is 12.4. The number of aromatic nitrogens is 2. The quantitative estimate of drug-likeness (QED) is 0.319. The van der Waals surface area contributed by atoms with E-state index >= 15 is 0 Å². The van der Waals surface area contributed by atoms with Gasteiger partial charge in [-0.25, -0.2) is 9.97 Å². The molecule has 1 aliphatic heterocycles. The molecule has 0 radical (unpaired) electrons. The van der Waals surface area contributed by atoms with Crippen molar-refractivity contribution in [3.63, 3.8) is 0 Å². The highest BCUT2D eigenvalue weighted by Crippen LogP contribution is 2.32. The van der Waals surface area contributed by atoms with Crippen LogP contribution in [-0.2, 0) is 11.0 Å². The van der Waals surface area contributed by atoms with Crippen molar-refractivity contribution in [1.82, 2.24) is 25.5 Å². The molecule has 45 heavy (non-hydrogen) atoms. The maximum Gasteiger partial charge on any atom is 0.419 e. The van der Waals surface area contributed by atoms with E-state index in [0.29, 0.717) is 17.0 Å². The Kier molecular flexibility index (Phi) is 13.9. The van der Waals surface area contributed by atoms with Crippen LogP contribution in [0.5, 0.6) is 5.75 Å². The Bertz CT molecular complexity index is 1240. The zero-order valence-corrected chi connectivity index (χ0v) is 27.2. The zero-order chi connectivity index (χ0) is 33.0. The fourth-order valence-corrected chi connectivity index (χ4v) is 5.20. The van der Waals surface area contributed by atoms with Crippen LogP contribution in [-0.4, -0.2) is 66.5 Å². The van der Waals surface area contributed by atoms with Gasteiger partial charge in [-0.2, -0.15) is 13.2 Å². The van der Waals surface area contributed by atoms with E-state index in [1.165, 1.54) is 59.0 Å². The first-order chi connectivity index (χ1) is 21.3. The molecule has 0 unspecified atom stereocenters. The molecule has 0 bridgehead atoms. The lowest BCUT2D eigenvalue weighted by Crippen LogP contribution is -2.43. The maximum absolute atomic E-state index is 12.9.